The van der Waals surface area contributed by atoms with Crippen molar-refractivity contribution in [2.24, 2.45) is 0 Å². The predicted octanol–water partition coefficient (Wildman–Crippen LogP) is 2.75. The van der Waals surface area contributed by atoms with E-state index in [9.17, 15) is 23.1 Å². The number of phenolic OH excluding ortho intramolecular Hbond substituents is 1. The Morgan fingerprint density at radius 1 is 1.26 bits per heavy atom. The van der Waals surface area contributed by atoms with Crippen molar-refractivity contribution in [3.05, 3.63) is 52.6 Å². The highest BCUT2D eigenvalue weighted by molar-refractivity contribution is 5.96. The molecule has 0 unspecified atom stereocenters. The summed E-state index contributed by atoms with van der Waals surface area (Å²) < 4.78 is 38.1. The van der Waals surface area contributed by atoms with E-state index >= 15 is 0 Å². The number of hydrogen-bond donors (Lipinski definition) is 2. The number of hydrogen-bond acceptors (Lipinski definition) is 4. The molecule has 0 fully saturated rings. The van der Waals surface area contributed by atoms with Crippen LogP contribution in [0.2, 0.25) is 0 Å². The van der Waals surface area contributed by atoms with Crippen LogP contribution in [-0.4, -0.2) is 21.0 Å². The van der Waals surface area contributed by atoms with Gasteiger partial charge in [-0.25, -0.2) is 9.97 Å². The molecule has 0 atom stereocenters. The van der Waals surface area contributed by atoms with Crippen LogP contribution in [0.25, 0.3) is 0 Å². The molecule has 23 heavy (non-hydrogen) atoms. The van der Waals surface area contributed by atoms with Gasteiger partial charge < -0.3 is 10.4 Å². The van der Waals surface area contributed by atoms with Gasteiger partial charge >= 0.3 is 6.18 Å². The van der Waals surface area contributed by atoms with Crippen molar-refractivity contribution in [1.29, 1.82) is 0 Å². The highest BCUT2D eigenvalue weighted by atomic mass is 19.4. The molecule has 0 radical (unpaired) electrons. The second-order valence-corrected chi connectivity index (χ2v) is 4.94. The van der Waals surface area contributed by atoms with Gasteiger partial charge in [0.2, 0.25) is 0 Å². The Morgan fingerprint density at radius 2 is 1.96 bits per heavy atom. The average molecular weight is 325 g/mol. The molecule has 0 aliphatic rings. The minimum Gasteiger partial charge on any atom is -0.508 e. The third kappa shape index (κ3) is 3.97. The number of amides is 1. The molecule has 2 rings (SSSR count). The number of halogens is 3. The Bertz CT molecular complexity index is 745. The number of nitrogens with zero attached hydrogens (tertiary/aromatic N) is 2. The quantitative estimate of drug-likeness (QED) is 0.910. The van der Waals surface area contributed by atoms with Gasteiger partial charge in [0.25, 0.3) is 5.91 Å². The van der Waals surface area contributed by atoms with E-state index in [1.165, 1.54) is 25.1 Å². The molecular weight excluding hydrogens is 311 g/mol. The molecule has 1 amide bonds. The fourth-order valence-electron chi connectivity index (χ4n) is 1.98. The maximum absolute atomic E-state index is 12.7. The predicted molar refractivity (Wildman–Crippen MR) is 75.8 cm³/mol. The Labute approximate surface area is 130 Å². The summed E-state index contributed by atoms with van der Waals surface area (Å²) in [5.74, 6) is -0.704. The number of benzene rings is 1. The van der Waals surface area contributed by atoms with E-state index in [1.54, 1.807) is 6.92 Å². The van der Waals surface area contributed by atoms with Gasteiger partial charge in [0.1, 0.15) is 17.3 Å². The number of nitrogens with one attached hydrogen (secondary N) is 1. The van der Waals surface area contributed by atoms with Crippen LogP contribution in [0.1, 0.15) is 33.1 Å². The van der Waals surface area contributed by atoms with Crippen molar-refractivity contribution < 1.29 is 23.1 Å². The Kier molecular flexibility index (Phi) is 4.53. The number of phenols is 1. The minimum absolute atomic E-state index is 0.0381. The van der Waals surface area contributed by atoms with Crippen molar-refractivity contribution in [3.8, 4) is 5.75 Å². The molecule has 1 aromatic carbocycles. The van der Waals surface area contributed by atoms with Crippen LogP contribution in [0.4, 0.5) is 13.2 Å². The van der Waals surface area contributed by atoms with Gasteiger partial charge in [-0.2, -0.15) is 13.2 Å². The van der Waals surface area contributed by atoms with Crippen molar-refractivity contribution in [2.75, 3.05) is 0 Å². The molecule has 2 aromatic rings. The first-order valence-corrected chi connectivity index (χ1v) is 6.67. The number of aromatic nitrogens is 2. The molecule has 8 heteroatoms. The monoisotopic (exact) mass is 325 g/mol. The van der Waals surface area contributed by atoms with E-state index in [4.69, 9.17) is 0 Å². The summed E-state index contributed by atoms with van der Waals surface area (Å²) in [4.78, 5) is 19.3. The Balaban J connectivity index is 2.16. The number of aryl methyl sites for hydroxylation is 1. The molecule has 0 aliphatic carbocycles. The first-order chi connectivity index (χ1) is 10.7. The van der Waals surface area contributed by atoms with Crippen LogP contribution >= 0.6 is 0 Å². The van der Waals surface area contributed by atoms with Crippen LogP contribution in [0, 0.1) is 13.8 Å². The normalized spacial score (nSPS) is 11.3. The summed E-state index contributed by atoms with van der Waals surface area (Å²) in [6.07, 6.45) is -4.58. The summed E-state index contributed by atoms with van der Waals surface area (Å²) in [6.45, 7) is 2.73. The van der Waals surface area contributed by atoms with Gasteiger partial charge in [-0.05, 0) is 32.0 Å². The Morgan fingerprint density at radius 3 is 2.61 bits per heavy atom. The van der Waals surface area contributed by atoms with Crippen LogP contribution in [0.5, 0.6) is 5.75 Å². The molecular formula is C15H14F3N3O2. The lowest BCUT2D eigenvalue weighted by Gasteiger charge is -2.11. The minimum atomic E-state index is -4.58. The van der Waals surface area contributed by atoms with Crippen molar-refractivity contribution in [2.45, 2.75) is 26.6 Å². The van der Waals surface area contributed by atoms with E-state index in [0.29, 0.717) is 5.56 Å². The Hall–Kier alpha value is -2.64. The molecule has 5 nitrogen and oxygen atoms in total. The smallest absolute Gasteiger partial charge is 0.433 e. The standard InChI is InChI=1S/C15H14F3N3O2/c1-8-6-12(15(16,17)18)21-13(20-8)7-19-14(23)10-4-3-5-11(22)9(10)2/h3-6,22H,7H2,1-2H3,(H,19,23). The number of rotatable bonds is 3. The fourth-order valence-corrected chi connectivity index (χ4v) is 1.98. The van der Waals surface area contributed by atoms with Gasteiger partial charge in [0.05, 0.1) is 6.54 Å². The molecule has 0 saturated heterocycles. The molecule has 122 valence electrons. The van der Waals surface area contributed by atoms with Crippen LogP contribution in [-0.2, 0) is 12.7 Å². The first-order valence-electron chi connectivity index (χ1n) is 6.67. The summed E-state index contributed by atoms with van der Waals surface area (Å²) >= 11 is 0. The molecule has 1 aromatic heterocycles. The topological polar surface area (TPSA) is 75.1 Å². The second kappa shape index (κ2) is 6.23. The average Bonchev–Trinajstić information content (AvgIpc) is 2.46. The lowest BCUT2D eigenvalue weighted by atomic mass is 10.1. The van der Waals surface area contributed by atoms with Gasteiger partial charge in [-0.3, -0.25) is 4.79 Å². The SMILES string of the molecule is Cc1cc(C(F)(F)F)nc(CNC(=O)c2cccc(O)c2C)n1. The van der Waals surface area contributed by atoms with E-state index in [-0.39, 0.29) is 29.4 Å². The molecule has 0 bridgehead atoms. The largest absolute Gasteiger partial charge is 0.508 e. The van der Waals surface area contributed by atoms with Crippen molar-refractivity contribution in [1.82, 2.24) is 15.3 Å². The third-order valence-corrected chi connectivity index (χ3v) is 3.15. The fraction of sp³-hybridized carbons (Fsp3) is 0.267. The lowest BCUT2D eigenvalue weighted by molar-refractivity contribution is -0.141. The number of aromatic hydroxyl groups is 1. The van der Waals surface area contributed by atoms with E-state index in [2.05, 4.69) is 15.3 Å². The first kappa shape index (κ1) is 16.7. The zero-order chi connectivity index (χ0) is 17.2. The van der Waals surface area contributed by atoms with Crippen molar-refractivity contribution in [3.63, 3.8) is 0 Å². The van der Waals surface area contributed by atoms with Crippen molar-refractivity contribution >= 4 is 5.91 Å². The molecule has 1 heterocycles. The van der Waals surface area contributed by atoms with Crippen LogP contribution in [0.3, 0.4) is 0 Å². The van der Waals surface area contributed by atoms with Crippen LogP contribution in [0.15, 0.2) is 24.3 Å². The third-order valence-electron chi connectivity index (χ3n) is 3.15. The van der Waals surface area contributed by atoms with E-state index in [0.717, 1.165) is 6.07 Å². The van der Waals surface area contributed by atoms with Gasteiger partial charge in [0, 0.05) is 16.8 Å². The van der Waals surface area contributed by atoms with Crippen LogP contribution < -0.4 is 5.32 Å². The highest BCUT2D eigenvalue weighted by Crippen LogP contribution is 2.27. The maximum atomic E-state index is 12.7. The summed E-state index contributed by atoms with van der Waals surface area (Å²) in [6, 6.07) is 5.28. The molecule has 2 N–H and O–H groups in total. The van der Waals surface area contributed by atoms with Gasteiger partial charge in [0.15, 0.2) is 0 Å². The highest BCUT2D eigenvalue weighted by Gasteiger charge is 2.33. The summed E-state index contributed by atoms with van der Waals surface area (Å²) in [5.41, 5.74) is -0.285. The summed E-state index contributed by atoms with van der Waals surface area (Å²) in [7, 11) is 0. The lowest BCUT2D eigenvalue weighted by Crippen LogP contribution is -2.25. The van der Waals surface area contributed by atoms with Gasteiger partial charge in [-0.15, -0.1) is 0 Å². The number of alkyl halides is 3. The summed E-state index contributed by atoms with van der Waals surface area (Å²) in [5, 5.41) is 12.0. The maximum Gasteiger partial charge on any atom is 0.433 e. The molecule has 0 spiro atoms. The van der Waals surface area contributed by atoms with E-state index < -0.39 is 17.8 Å². The zero-order valence-electron chi connectivity index (χ0n) is 12.4. The van der Waals surface area contributed by atoms with Gasteiger partial charge in [-0.1, -0.05) is 6.07 Å². The second-order valence-electron chi connectivity index (χ2n) is 4.94. The molecule has 0 saturated carbocycles. The number of carbonyl (C=O) groups is 1. The molecule has 0 aliphatic heterocycles. The zero-order valence-corrected chi connectivity index (χ0v) is 12.4. The van der Waals surface area contributed by atoms with E-state index in [1.807, 2.05) is 0 Å². The number of carbonyl (C=O) groups excluding carboxylic acids is 1.